The second-order valence-electron chi connectivity index (χ2n) is 2.42. The van der Waals surface area contributed by atoms with Gasteiger partial charge in [0, 0.05) is 16.9 Å². The summed E-state index contributed by atoms with van der Waals surface area (Å²) in [4.78, 5) is 3.91. The predicted molar refractivity (Wildman–Crippen MR) is 48.2 cm³/mol. The van der Waals surface area contributed by atoms with Gasteiger partial charge in [-0.1, -0.05) is 0 Å². The highest BCUT2D eigenvalue weighted by Gasteiger charge is 1.89. The van der Waals surface area contributed by atoms with Gasteiger partial charge >= 0.3 is 0 Å². The Bertz CT molecular complexity index is 428. The lowest BCUT2D eigenvalue weighted by Gasteiger charge is -1.80. The summed E-state index contributed by atoms with van der Waals surface area (Å²) >= 11 is 0. The van der Waals surface area contributed by atoms with Gasteiger partial charge in [0.1, 0.15) is 6.26 Å². The molecule has 0 saturated heterocycles. The van der Waals surface area contributed by atoms with Crippen LogP contribution in [0.15, 0.2) is 41.6 Å². The Balaban J connectivity index is 0.000000128. The van der Waals surface area contributed by atoms with Gasteiger partial charge in [-0.2, -0.15) is 5.10 Å². The predicted octanol–water partition coefficient (Wildman–Crippen LogP) is 1.03. The lowest BCUT2D eigenvalue weighted by Crippen LogP contribution is -1.69. The molecule has 3 aromatic rings. The number of nitrogens with zero attached hydrogens (tertiary/aromatic N) is 4. The molecule has 0 fully saturated rings. The number of aromatic amines is 1. The van der Waals surface area contributed by atoms with Crippen LogP contribution in [0.5, 0.6) is 0 Å². The number of H-pyrrole nitrogens is 1. The molecule has 14 heavy (non-hydrogen) atoms. The van der Waals surface area contributed by atoms with Crippen LogP contribution < -0.4 is 0 Å². The maximum atomic E-state index is 4.22. The Labute approximate surface area is 78.9 Å². The SMILES string of the molecule is c1cc2cn[nH]c2cn1.c1conn1. The van der Waals surface area contributed by atoms with Crippen LogP contribution in [0.2, 0.25) is 0 Å². The molecular weight excluding hydrogens is 182 g/mol. The Morgan fingerprint density at radius 1 is 1.21 bits per heavy atom. The monoisotopic (exact) mass is 189 g/mol. The maximum Gasteiger partial charge on any atom is 0.144 e. The van der Waals surface area contributed by atoms with Crippen LogP contribution in [-0.4, -0.2) is 25.6 Å². The number of aromatic nitrogens is 5. The molecule has 6 nitrogen and oxygen atoms in total. The minimum absolute atomic E-state index is 0.984. The molecule has 0 amide bonds. The van der Waals surface area contributed by atoms with Crippen LogP contribution in [0.1, 0.15) is 0 Å². The minimum Gasteiger partial charge on any atom is -0.346 e. The molecule has 0 atom stereocenters. The van der Waals surface area contributed by atoms with Crippen LogP contribution >= 0.6 is 0 Å². The first-order valence-electron chi connectivity index (χ1n) is 3.91. The Hall–Kier alpha value is -2.24. The molecule has 0 aliphatic rings. The quantitative estimate of drug-likeness (QED) is 0.571. The van der Waals surface area contributed by atoms with Gasteiger partial charge in [0.05, 0.1) is 24.1 Å². The van der Waals surface area contributed by atoms with Crippen molar-refractivity contribution in [3.63, 3.8) is 0 Å². The second-order valence-corrected chi connectivity index (χ2v) is 2.42. The molecule has 70 valence electrons. The van der Waals surface area contributed by atoms with Gasteiger partial charge in [-0.05, 0) is 6.07 Å². The van der Waals surface area contributed by atoms with Crippen LogP contribution in [0.3, 0.4) is 0 Å². The molecule has 0 saturated carbocycles. The van der Waals surface area contributed by atoms with Crippen molar-refractivity contribution in [1.82, 2.24) is 25.6 Å². The van der Waals surface area contributed by atoms with Gasteiger partial charge in [0.25, 0.3) is 0 Å². The van der Waals surface area contributed by atoms with Crippen molar-refractivity contribution in [2.45, 2.75) is 0 Å². The van der Waals surface area contributed by atoms with E-state index in [1.54, 1.807) is 18.6 Å². The minimum atomic E-state index is 0.984. The lowest BCUT2D eigenvalue weighted by atomic mass is 10.3. The van der Waals surface area contributed by atoms with Gasteiger partial charge in [-0.3, -0.25) is 10.1 Å². The summed E-state index contributed by atoms with van der Waals surface area (Å²) in [5.41, 5.74) is 0.984. The van der Waals surface area contributed by atoms with Gasteiger partial charge in [0.15, 0.2) is 0 Å². The number of rotatable bonds is 0. The molecule has 3 rings (SSSR count). The highest BCUT2D eigenvalue weighted by atomic mass is 16.5. The zero-order valence-electron chi connectivity index (χ0n) is 7.16. The molecular formula is C8H7N5O. The fourth-order valence-corrected chi connectivity index (χ4v) is 0.919. The standard InChI is InChI=1S/C6H5N3.C2H2N2O/c1-2-7-4-6-5(1)3-8-9-6;1-2-5-4-3-1/h1-4H,(H,8,9);1-2H. The Morgan fingerprint density at radius 3 is 2.86 bits per heavy atom. The summed E-state index contributed by atoms with van der Waals surface area (Å²) in [5.74, 6) is 0. The van der Waals surface area contributed by atoms with E-state index in [1.165, 1.54) is 12.5 Å². The van der Waals surface area contributed by atoms with Gasteiger partial charge in [0.2, 0.25) is 0 Å². The van der Waals surface area contributed by atoms with Crippen molar-refractivity contribution < 1.29 is 4.52 Å². The third kappa shape index (κ3) is 1.92. The first-order valence-corrected chi connectivity index (χ1v) is 3.91. The van der Waals surface area contributed by atoms with E-state index in [1.807, 2.05) is 6.07 Å². The number of hydrogen-bond donors (Lipinski definition) is 1. The van der Waals surface area contributed by atoms with Crippen molar-refractivity contribution >= 4 is 10.9 Å². The third-order valence-electron chi connectivity index (χ3n) is 1.53. The van der Waals surface area contributed by atoms with E-state index in [0.29, 0.717) is 0 Å². The molecule has 0 spiro atoms. The zero-order valence-corrected chi connectivity index (χ0v) is 7.16. The van der Waals surface area contributed by atoms with Gasteiger partial charge in [-0.15, -0.1) is 5.10 Å². The molecule has 0 aliphatic carbocycles. The summed E-state index contributed by atoms with van der Waals surface area (Å²) in [6.07, 6.45) is 8.15. The number of hydrogen-bond acceptors (Lipinski definition) is 5. The van der Waals surface area contributed by atoms with Gasteiger partial charge < -0.3 is 4.52 Å². The number of nitrogens with one attached hydrogen (secondary N) is 1. The van der Waals surface area contributed by atoms with E-state index in [-0.39, 0.29) is 0 Å². The molecule has 0 radical (unpaired) electrons. The van der Waals surface area contributed by atoms with Crippen molar-refractivity contribution in [1.29, 1.82) is 0 Å². The average molecular weight is 189 g/mol. The summed E-state index contributed by atoms with van der Waals surface area (Å²) in [6.45, 7) is 0. The fourth-order valence-electron chi connectivity index (χ4n) is 0.919. The topological polar surface area (TPSA) is 80.5 Å². The van der Waals surface area contributed by atoms with Crippen molar-refractivity contribution in [2.75, 3.05) is 0 Å². The van der Waals surface area contributed by atoms with Crippen LogP contribution in [0.4, 0.5) is 0 Å². The first-order chi connectivity index (χ1) is 6.97. The largest absolute Gasteiger partial charge is 0.346 e. The van der Waals surface area contributed by atoms with E-state index < -0.39 is 0 Å². The molecule has 1 N–H and O–H groups in total. The molecule has 0 aliphatic heterocycles. The summed E-state index contributed by atoms with van der Waals surface area (Å²) < 4.78 is 4.22. The molecule has 0 aromatic carbocycles. The average Bonchev–Trinajstić information content (AvgIpc) is 2.92. The van der Waals surface area contributed by atoms with E-state index in [2.05, 4.69) is 30.1 Å². The van der Waals surface area contributed by atoms with Crippen LogP contribution in [0.25, 0.3) is 10.9 Å². The highest BCUT2D eigenvalue weighted by molar-refractivity contribution is 5.76. The Morgan fingerprint density at radius 2 is 2.21 bits per heavy atom. The second kappa shape index (κ2) is 4.13. The summed E-state index contributed by atoms with van der Waals surface area (Å²) in [7, 11) is 0. The van der Waals surface area contributed by atoms with E-state index >= 15 is 0 Å². The first kappa shape index (κ1) is 8.36. The normalized spacial score (nSPS) is 9.43. The van der Waals surface area contributed by atoms with Crippen LogP contribution in [0, 0.1) is 0 Å². The number of pyridine rings is 1. The number of fused-ring (bicyclic) bond motifs is 1. The lowest BCUT2D eigenvalue weighted by molar-refractivity contribution is 0.393. The molecule has 0 unspecified atom stereocenters. The third-order valence-corrected chi connectivity index (χ3v) is 1.53. The molecule has 0 bridgehead atoms. The van der Waals surface area contributed by atoms with E-state index in [4.69, 9.17) is 0 Å². The molecule has 6 heteroatoms. The van der Waals surface area contributed by atoms with Crippen LogP contribution in [-0.2, 0) is 0 Å². The van der Waals surface area contributed by atoms with Crippen molar-refractivity contribution in [2.24, 2.45) is 0 Å². The van der Waals surface area contributed by atoms with Crippen molar-refractivity contribution in [3.05, 3.63) is 37.1 Å². The zero-order chi connectivity index (χ0) is 9.64. The molecule has 3 aromatic heterocycles. The molecule has 3 heterocycles. The van der Waals surface area contributed by atoms with E-state index in [9.17, 15) is 0 Å². The summed E-state index contributed by atoms with van der Waals surface area (Å²) in [6, 6.07) is 1.92. The summed E-state index contributed by atoms with van der Waals surface area (Å²) in [5, 5.41) is 14.1. The van der Waals surface area contributed by atoms with Gasteiger partial charge in [-0.25, -0.2) is 0 Å². The van der Waals surface area contributed by atoms with E-state index in [0.717, 1.165) is 10.9 Å². The Kier molecular flexibility index (Phi) is 2.46. The smallest absolute Gasteiger partial charge is 0.144 e. The fraction of sp³-hybridized carbons (Fsp3) is 0. The highest BCUT2D eigenvalue weighted by Crippen LogP contribution is 2.04. The maximum absolute atomic E-state index is 4.22. The van der Waals surface area contributed by atoms with Crippen molar-refractivity contribution in [3.8, 4) is 0 Å².